The summed E-state index contributed by atoms with van der Waals surface area (Å²) in [4.78, 5) is 11.0. The molecular formula is C15H25N5S. The number of nitrogens with zero attached hydrogens (tertiary/aromatic N) is 2. The van der Waals surface area contributed by atoms with Crippen molar-refractivity contribution < 1.29 is 0 Å². The van der Waals surface area contributed by atoms with Crippen LogP contribution in [0.25, 0.3) is 10.2 Å². The van der Waals surface area contributed by atoms with E-state index >= 15 is 0 Å². The molecule has 116 valence electrons. The molecule has 2 heterocycles. The minimum atomic E-state index is 0.467. The average Bonchev–Trinajstić information content (AvgIpc) is 2.86. The normalized spacial score (nSPS) is 11.0. The van der Waals surface area contributed by atoms with Gasteiger partial charge in [-0.1, -0.05) is 39.0 Å². The fourth-order valence-corrected chi connectivity index (χ4v) is 3.23. The SMILES string of the molecule is CCCCCCCCNc1nc(NN)nc2sc(C)cc12. The fraction of sp³-hybridized carbons (Fsp3) is 0.600. The number of aryl methyl sites for hydroxylation is 1. The molecule has 0 aliphatic rings. The van der Waals surface area contributed by atoms with Crippen molar-refractivity contribution in [2.75, 3.05) is 17.3 Å². The van der Waals surface area contributed by atoms with Crippen LogP contribution in [0.15, 0.2) is 6.07 Å². The highest BCUT2D eigenvalue weighted by atomic mass is 32.1. The number of anilines is 2. The number of nitrogens with one attached hydrogen (secondary N) is 2. The summed E-state index contributed by atoms with van der Waals surface area (Å²) in [5.74, 6) is 6.79. The van der Waals surface area contributed by atoms with Crippen LogP contribution >= 0.6 is 11.3 Å². The van der Waals surface area contributed by atoms with Crippen molar-refractivity contribution in [1.82, 2.24) is 9.97 Å². The molecule has 0 aliphatic heterocycles. The van der Waals surface area contributed by atoms with Crippen LogP contribution in [0, 0.1) is 6.92 Å². The topological polar surface area (TPSA) is 75.9 Å². The van der Waals surface area contributed by atoms with E-state index < -0.39 is 0 Å². The maximum absolute atomic E-state index is 5.44. The molecule has 2 aromatic rings. The van der Waals surface area contributed by atoms with Crippen molar-refractivity contribution in [3.63, 3.8) is 0 Å². The molecule has 0 saturated carbocycles. The van der Waals surface area contributed by atoms with Crippen molar-refractivity contribution in [2.24, 2.45) is 5.84 Å². The monoisotopic (exact) mass is 307 g/mol. The van der Waals surface area contributed by atoms with Gasteiger partial charge in [-0.25, -0.2) is 10.8 Å². The minimum Gasteiger partial charge on any atom is -0.369 e. The van der Waals surface area contributed by atoms with E-state index in [1.807, 2.05) is 0 Å². The van der Waals surface area contributed by atoms with Gasteiger partial charge in [0.2, 0.25) is 5.95 Å². The Hall–Kier alpha value is -1.40. The van der Waals surface area contributed by atoms with Crippen LogP contribution in [0.4, 0.5) is 11.8 Å². The lowest BCUT2D eigenvalue weighted by Crippen LogP contribution is -2.12. The molecule has 0 aromatic carbocycles. The number of rotatable bonds is 9. The standard InChI is InChI=1S/C15H25N5S/c1-3-4-5-6-7-8-9-17-13-12-10-11(2)21-14(12)19-15(18-13)20-16/h10H,3-9,16H2,1-2H3,(H2,17,18,19,20). The van der Waals surface area contributed by atoms with Crippen LogP contribution in [0.5, 0.6) is 0 Å². The summed E-state index contributed by atoms with van der Waals surface area (Å²) >= 11 is 1.66. The Balaban J connectivity index is 1.91. The third-order valence-corrected chi connectivity index (χ3v) is 4.41. The molecule has 0 unspecified atom stereocenters. The lowest BCUT2D eigenvalue weighted by molar-refractivity contribution is 0.617. The van der Waals surface area contributed by atoms with Gasteiger partial charge in [-0.3, -0.25) is 5.43 Å². The summed E-state index contributed by atoms with van der Waals surface area (Å²) < 4.78 is 0. The molecule has 0 radical (unpaired) electrons. The molecule has 6 heteroatoms. The number of hydrazine groups is 1. The van der Waals surface area contributed by atoms with Gasteiger partial charge in [0, 0.05) is 11.4 Å². The summed E-state index contributed by atoms with van der Waals surface area (Å²) in [5, 5.41) is 4.51. The largest absolute Gasteiger partial charge is 0.369 e. The number of fused-ring (bicyclic) bond motifs is 1. The van der Waals surface area contributed by atoms with Gasteiger partial charge < -0.3 is 5.32 Å². The molecule has 0 aliphatic carbocycles. The average molecular weight is 307 g/mol. The highest BCUT2D eigenvalue weighted by Crippen LogP contribution is 2.29. The van der Waals surface area contributed by atoms with Crippen molar-refractivity contribution >= 4 is 33.3 Å². The van der Waals surface area contributed by atoms with E-state index in [2.05, 4.69) is 40.6 Å². The van der Waals surface area contributed by atoms with Crippen LogP contribution in [0.2, 0.25) is 0 Å². The van der Waals surface area contributed by atoms with E-state index in [1.54, 1.807) is 11.3 Å². The van der Waals surface area contributed by atoms with Gasteiger partial charge >= 0.3 is 0 Å². The predicted molar refractivity (Wildman–Crippen MR) is 91.8 cm³/mol. The number of aromatic nitrogens is 2. The molecule has 0 atom stereocenters. The Labute approximate surface area is 130 Å². The van der Waals surface area contributed by atoms with Gasteiger partial charge in [0.05, 0.1) is 5.39 Å². The Bertz CT molecular complexity index is 566. The third-order valence-electron chi connectivity index (χ3n) is 3.47. The number of unbranched alkanes of at least 4 members (excludes halogenated alkanes) is 5. The molecule has 2 aromatic heterocycles. The van der Waals surface area contributed by atoms with Crippen molar-refractivity contribution in [3.8, 4) is 0 Å². The number of thiophene rings is 1. The number of hydrogen-bond acceptors (Lipinski definition) is 6. The second kappa shape index (κ2) is 8.14. The molecular weight excluding hydrogens is 282 g/mol. The Morgan fingerprint density at radius 2 is 1.90 bits per heavy atom. The number of nitrogens with two attached hydrogens (primary N) is 1. The summed E-state index contributed by atoms with van der Waals surface area (Å²) in [7, 11) is 0. The minimum absolute atomic E-state index is 0.467. The van der Waals surface area contributed by atoms with Gasteiger partial charge in [0.1, 0.15) is 10.6 Å². The summed E-state index contributed by atoms with van der Waals surface area (Å²) in [6.07, 6.45) is 7.75. The Morgan fingerprint density at radius 1 is 1.14 bits per heavy atom. The third kappa shape index (κ3) is 4.54. The first-order valence-electron chi connectivity index (χ1n) is 7.73. The van der Waals surface area contributed by atoms with Crippen LogP contribution in [0.3, 0.4) is 0 Å². The second-order valence-electron chi connectivity index (χ2n) is 5.31. The zero-order valence-electron chi connectivity index (χ0n) is 12.9. The van der Waals surface area contributed by atoms with E-state index in [0.29, 0.717) is 5.95 Å². The van der Waals surface area contributed by atoms with E-state index in [9.17, 15) is 0 Å². The molecule has 0 amide bonds. The Kier molecular flexibility index (Phi) is 6.20. The van der Waals surface area contributed by atoms with Crippen molar-refractivity contribution in [3.05, 3.63) is 10.9 Å². The summed E-state index contributed by atoms with van der Waals surface area (Å²) in [5.41, 5.74) is 2.54. The lowest BCUT2D eigenvalue weighted by Gasteiger charge is -2.08. The number of nitrogen functional groups attached to an aromatic ring is 1. The number of hydrogen-bond donors (Lipinski definition) is 3. The van der Waals surface area contributed by atoms with E-state index in [-0.39, 0.29) is 0 Å². The molecule has 0 bridgehead atoms. The van der Waals surface area contributed by atoms with E-state index in [0.717, 1.165) is 22.6 Å². The molecule has 2 rings (SSSR count). The first-order chi connectivity index (χ1) is 10.2. The molecule has 0 saturated heterocycles. The zero-order valence-corrected chi connectivity index (χ0v) is 13.7. The van der Waals surface area contributed by atoms with Gasteiger partial charge in [-0.15, -0.1) is 11.3 Å². The second-order valence-corrected chi connectivity index (χ2v) is 6.55. The maximum atomic E-state index is 5.44. The van der Waals surface area contributed by atoms with E-state index in [1.165, 1.54) is 43.4 Å². The van der Waals surface area contributed by atoms with Crippen LogP contribution in [-0.4, -0.2) is 16.5 Å². The molecule has 4 N–H and O–H groups in total. The van der Waals surface area contributed by atoms with Crippen molar-refractivity contribution in [1.29, 1.82) is 0 Å². The van der Waals surface area contributed by atoms with Crippen molar-refractivity contribution in [2.45, 2.75) is 52.4 Å². The maximum Gasteiger partial charge on any atom is 0.240 e. The van der Waals surface area contributed by atoms with Gasteiger partial charge in [-0.05, 0) is 19.4 Å². The highest BCUT2D eigenvalue weighted by Gasteiger charge is 2.09. The van der Waals surface area contributed by atoms with Crippen LogP contribution in [0.1, 0.15) is 50.3 Å². The first kappa shape index (κ1) is 16.0. The molecule has 21 heavy (non-hydrogen) atoms. The molecule has 0 spiro atoms. The Morgan fingerprint density at radius 3 is 2.67 bits per heavy atom. The zero-order chi connectivity index (χ0) is 15.1. The lowest BCUT2D eigenvalue weighted by atomic mass is 10.1. The summed E-state index contributed by atoms with van der Waals surface area (Å²) in [6, 6.07) is 2.13. The molecule has 0 fully saturated rings. The van der Waals surface area contributed by atoms with Crippen LogP contribution in [-0.2, 0) is 0 Å². The highest BCUT2D eigenvalue weighted by molar-refractivity contribution is 7.18. The smallest absolute Gasteiger partial charge is 0.240 e. The molecule has 5 nitrogen and oxygen atoms in total. The van der Waals surface area contributed by atoms with E-state index in [4.69, 9.17) is 5.84 Å². The first-order valence-corrected chi connectivity index (χ1v) is 8.55. The van der Waals surface area contributed by atoms with Crippen LogP contribution < -0.4 is 16.6 Å². The van der Waals surface area contributed by atoms with Gasteiger partial charge in [-0.2, -0.15) is 4.98 Å². The quantitative estimate of drug-likeness (QED) is 0.370. The summed E-state index contributed by atoms with van der Waals surface area (Å²) in [6.45, 7) is 5.27. The fourth-order valence-electron chi connectivity index (χ4n) is 2.35. The predicted octanol–water partition coefficient (Wildman–Crippen LogP) is 4.06. The van der Waals surface area contributed by atoms with Gasteiger partial charge in [0.25, 0.3) is 0 Å². The van der Waals surface area contributed by atoms with Gasteiger partial charge in [0.15, 0.2) is 0 Å².